The highest BCUT2D eigenvalue weighted by atomic mass is 16.5. The molecule has 0 aliphatic rings. The molecule has 0 aliphatic carbocycles. The van der Waals surface area contributed by atoms with Crippen molar-refractivity contribution >= 4 is 17.4 Å². The fraction of sp³-hybridized carbons (Fsp3) is 0.421. The molecule has 0 saturated carbocycles. The van der Waals surface area contributed by atoms with Crippen LogP contribution in [0.25, 0.3) is 0 Å². The third kappa shape index (κ3) is 5.53. The normalized spacial score (nSPS) is 11.2. The molecule has 0 aliphatic heterocycles. The van der Waals surface area contributed by atoms with Crippen molar-refractivity contribution in [2.75, 3.05) is 25.6 Å². The minimum absolute atomic E-state index is 0.0129. The zero-order chi connectivity index (χ0) is 18.3. The number of anilines is 2. The highest BCUT2D eigenvalue weighted by molar-refractivity contribution is 5.92. The number of aromatic nitrogens is 2. The van der Waals surface area contributed by atoms with Crippen LogP contribution in [-0.2, 0) is 10.2 Å². The summed E-state index contributed by atoms with van der Waals surface area (Å²) in [6.45, 7) is 7.65. The molecule has 25 heavy (non-hydrogen) atoms. The lowest BCUT2D eigenvalue weighted by molar-refractivity contribution is 0.0943. The van der Waals surface area contributed by atoms with Crippen LogP contribution < -0.4 is 10.6 Å². The van der Waals surface area contributed by atoms with Gasteiger partial charge in [0.2, 0.25) is 0 Å². The number of amides is 1. The smallest absolute Gasteiger partial charge is 0.271 e. The number of carbonyl (C=O) groups is 1. The molecular weight excluding hydrogens is 316 g/mol. The maximum atomic E-state index is 12.0. The van der Waals surface area contributed by atoms with Gasteiger partial charge < -0.3 is 15.4 Å². The lowest BCUT2D eigenvalue weighted by Crippen LogP contribution is -2.26. The topological polar surface area (TPSA) is 76.1 Å². The molecule has 0 atom stereocenters. The average molecular weight is 342 g/mol. The summed E-state index contributed by atoms with van der Waals surface area (Å²) in [4.78, 5) is 20.5. The number of benzene rings is 1. The van der Waals surface area contributed by atoms with Gasteiger partial charge in [-0.15, -0.1) is 0 Å². The fourth-order valence-corrected chi connectivity index (χ4v) is 2.40. The molecule has 2 N–H and O–H groups in total. The Bertz CT molecular complexity index is 693. The number of ether oxygens (including phenoxy) is 1. The lowest BCUT2D eigenvalue weighted by Gasteiger charge is -2.23. The maximum Gasteiger partial charge on any atom is 0.271 e. The molecule has 0 radical (unpaired) electrons. The van der Waals surface area contributed by atoms with Crippen molar-refractivity contribution in [3.05, 3.63) is 47.9 Å². The van der Waals surface area contributed by atoms with E-state index in [-0.39, 0.29) is 11.3 Å². The van der Waals surface area contributed by atoms with Crippen molar-refractivity contribution in [2.45, 2.75) is 32.6 Å². The van der Waals surface area contributed by atoms with Crippen LogP contribution in [0.1, 0.15) is 43.2 Å². The molecule has 6 nitrogen and oxygen atoms in total. The second-order valence-corrected chi connectivity index (χ2v) is 6.81. The largest absolute Gasteiger partial charge is 0.385 e. The predicted octanol–water partition coefficient (Wildman–Crippen LogP) is 3.28. The highest BCUT2D eigenvalue weighted by Gasteiger charge is 2.17. The van der Waals surface area contributed by atoms with Gasteiger partial charge in [-0.3, -0.25) is 4.79 Å². The summed E-state index contributed by atoms with van der Waals surface area (Å²) in [6, 6.07) is 8.11. The third-order valence-corrected chi connectivity index (χ3v) is 3.69. The summed E-state index contributed by atoms with van der Waals surface area (Å²) in [6.07, 6.45) is 3.82. The summed E-state index contributed by atoms with van der Waals surface area (Å²) in [5.74, 6) is 0.373. The van der Waals surface area contributed by atoms with Gasteiger partial charge in [0.15, 0.2) is 0 Å². The quantitative estimate of drug-likeness (QED) is 0.755. The Balaban J connectivity index is 2.03. The van der Waals surface area contributed by atoms with E-state index < -0.39 is 0 Å². The van der Waals surface area contributed by atoms with Crippen molar-refractivity contribution < 1.29 is 9.53 Å². The molecule has 0 saturated heterocycles. The van der Waals surface area contributed by atoms with Gasteiger partial charge >= 0.3 is 0 Å². The van der Waals surface area contributed by atoms with Crippen molar-refractivity contribution in [3.8, 4) is 0 Å². The number of hydrogen-bond donors (Lipinski definition) is 2. The SMILES string of the molecule is COCCCNC(=O)c1cnc(Nc2ccccc2C(C)(C)C)cn1. The van der Waals surface area contributed by atoms with Crippen LogP contribution >= 0.6 is 0 Å². The number of nitrogens with zero attached hydrogens (tertiary/aromatic N) is 2. The summed E-state index contributed by atoms with van der Waals surface area (Å²) in [5.41, 5.74) is 2.49. The molecule has 1 amide bonds. The summed E-state index contributed by atoms with van der Waals surface area (Å²) in [5, 5.41) is 6.07. The number of rotatable bonds is 7. The van der Waals surface area contributed by atoms with Gasteiger partial charge in [0, 0.05) is 25.9 Å². The fourth-order valence-electron chi connectivity index (χ4n) is 2.40. The van der Waals surface area contributed by atoms with Gasteiger partial charge in [-0.25, -0.2) is 9.97 Å². The maximum absolute atomic E-state index is 12.0. The monoisotopic (exact) mass is 342 g/mol. The Kier molecular flexibility index (Phi) is 6.47. The van der Waals surface area contributed by atoms with Crippen LogP contribution in [0.15, 0.2) is 36.7 Å². The van der Waals surface area contributed by atoms with Gasteiger partial charge in [0.05, 0.1) is 12.4 Å². The molecule has 0 bridgehead atoms. The van der Waals surface area contributed by atoms with Gasteiger partial charge in [0.25, 0.3) is 5.91 Å². The first-order valence-electron chi connectivity index (χ1n) is 8.37. The van der Waals surface area contributed by atoms with Gasteiger partial charge in [-0.1, -0.05) is 39.0 Å². The van der Waals surface area contributed by atoms with E-state index in [1.807, 2.05) is 18.2 Å². The van der Waals surface area contributed by atoms with Crippen LogP contribution in [-0.4, -0.2) is 36.1 Å². The van der Waals surface area contributed by atoms with Crippen LogP contribution in [0.5, 0.6) is 0 Å². The van der Waals surface area contributed by atoms with Crippen molar-refractivity contribution in [1.82, 2.24) is 15.3 Å². The Labute approximate surface area is 149 Å². The number of methoxy groups -OCH3 is 1. The molecular formula is C19H26N4O2. The molecule has 1 aromatic heterocycles. The van der Waals surface area contributed by atoms with E-state index in [2.05, 4.69) is 47.4 Å². The summed E-state index contributed by atoms with van der Waals surface area (Å²) in [7, 11) is 1.64. The van der Waals surface area contributed by atoms with E-state index in [9.17, 15) is 4.79 Å². The van der Waals surface area contributed by atoms with Crippen LogP contribution in [0, 0.1) is 0 Å². The van der Waals surface area contributed by atoms with E-state index in [1.54, 1.807) is 13.3 Å². The van der Waals surface area contributed by atoms with Crippen molar-refractivity contribution in [2.24, 2.45) is 0 Å². The first-order valence-corrected chi connectivity index (χ1v) is 8.37. The molecule has 0 unspecified atom stereocenters. The predicted molar refractivity (Wildman–Crippen MR) is 99.3 cm³/mol. The zero-order valence-corrected chi connectivity index (χ0v) is 15.3. The highest BCUT2D eigenvalue weighted by Crippen LogP contribution is 2.30. The van der Waals surface area contributed by atoms with E-state index in [0.29, 0.717) is 24.7 Å². The average Bonchev–Trinajstić information content (AvgIpc) is 2.59. The molecule has 6 heteroatoms. The van der Waals surface area contributed by atoms with E-state index >= 15 is 0 Å². The third-order valence-electron chi connectivity index (χ3n) is 3.69. The van der Waals surface area contributed by atoms with Crippen molar-refractivity contribution in [3.63, 3.8) is 0 Å². The first kappa shape index (κ1) is 18.9. The molecule has 2 rings (SSSR count). The molecule has 2 aromatic rings. The standard InChI is InChI=1S/C19H26N4O2/c1-19(2,3)14-8-5-6-9-15(14)23-17-13-21-16(12-22-17)18(24)20-10-7-11-25-4/h5-6,8-9,12-13H,7,10-11H2,1-4H3,(H,20,24)(H,22,23). The Hall–Kier alpha value is -2.47. The molecule has 134 valence electrons. The van der Waals surface area contributed by atoms with Gasteiger partial charge in [-0.05, 0) is 23.5 Å². The minimum Gasteiger partial charge on any atom is -0.385 e. The number of nitrogens with one attached hydrogen (secondary N) is 2. The summed E-state index contributed by atoms with van der Waals surface area (Å²) < 4.78 is 4.95. The number of hydrogen-bond acceptors (Lipinski definition) is 5. The minimum atomic E-state index is -0.231. The van der Waals surface area contributed by atoms with Crippen molar-refractivity contribution in [1.29, 1.82) is 0 Å². The second-order valence-electron chi connectivity index (χ2n) is 6.81. The van der Waals surface area contributed by atoms with Crippen LogP contribution in [0.3, 0.4) is 0 Å². The first-order chi connectivity index (χ1) is 11.9. The second kappa shape index (κ2) is 8.58. The van der Waals surface area contributed by atoms with Gasteiger partial charge in [-0.2, -0.15) is 0 Å². The molecule has 0 fully saturated rings. The molecule has 1 heterocycles. The Morgan fingerprint density at radius 3 is 2.56 bits per heavy atom. The van der Waals surface area contributed by atoms with Crippen LogP contribution in [0.2, 0.25) is 0 Å². The Morgan fingerprint density at radius 2 is 1.92 bits per heavy atom. The van der Waals surface area contributed by atoms with Gasteiger partial charge in [0.1, 0.15) is 11.5 Å². The summed E-state index contributed by atoms with van der Waals surface area (Å²) >= 11 is 0. The zero-order valence-electron chi connectivity index (χ0n) is 15.3. The number of para-hydroxylation sites is 1. The Morgan fingerprint density at radius 1 is 1.16 bits per heavy atom. The van der Waals surface area contributed by atoms with E-state index in [0.717, 1.165) is 12.1 Å². The van der Waals surface area contributed by atoms with E-state index in [4.69, 9.17) is 4.74 Å². The molecule has 0 spiro atoms. The van der Waals surface area contributed by atoms with E-state index in [1.165, 1.54) is 11.8 Å². The molecule has 1 aromatic carbocycles. The number of carbonyl (C=O) groups excluding carboxylic acids is 1. The lowest BCUT2D eigenvalue weighted by atomic mass is 9.86. The van der Waals surface area contributed by atoms with Crippen LogP contribution in [0.4, 0.5) is 11.5 Å².